The summed E-state index contributed by atoms with van der Waals surface area (Å²) in [6.07, 6.45) is 2.69. The van der Waals surface area contributed by atoms with Gasteiger partial charge >= 0.3 is 0 Å². The molecule has 0 amide bonds. The number of nitrogens with two attached hydrogens (primary N) is 1. The number of nitrogens with zero attached hydrogens (tertiary/aromatic N) is 1. The summed E-state index contributed by atoms with van der Waals surface area (Å²) in [5.41, 5.74) is 7.22. The maximum absolute atomic E-state index is 5.88. The zero-order chi connectivity index (χ0) is 13.7. The summed E-state index contributed by atoms with van der Waals surface area (Å²) in [4.78, 5) is 2.23. The Labute approximate surface area is 122 Å². The fourth-order valence-electron chi connectivity index (χ4n) is 2.14. The van der Waals surface area contributed by atoms with Gasteiger partial charge < -0.3 is 10.2 Å². The van der Waals surface area contributed by atoms with E-state index in [0.29, 0.717) is 6.54 Å². The number of rotatable bonds is 6. The fraction of sp³-hybridized carbons (Fsp3) is 0.333. The second kappa shape index (κ2) is 6.89. The summed E-state index contributed by atoms with van der Waals surface area (Å²) >= 11 is 3.50. The summed E-state index contributed by atoms with van der Waals surface area (Å²) in [5.74, 6) is 0.901. The van der Waals surface area contributed by atoms with Crippen LogP contribution in [0, 0.1) is 0 Å². The third-order valence-electron chi connectivity index (χ3n) is 3.30. The van der Waals surface area contributed by atoms with Crippen molar-refractivity contribution in [3.8, 4) is 0 Å². The van der Waals surface area contributed by atoms with Crippen LogP contribution in [0.3, 0.4) is 0 Å². The topological polar surface area (TPSA) is 42.4 Å². The summed E-state index contributed by atoms with van der Waals surface area (Å²) in [5, 5.41) is 0. The van der Waals surface area contributed by atoms with E-state index in [-0.39, 0.29) is 6.04 Å². The lowest BCUT2D eigenvalue weighted by Crippen LogP contribution is -2.32. The molecule has 2 N–H and O–H groups in total. The van der Waals surface area contributed by atoms with E-state index in [1.165, 1.54) is 5.56 Å². The first-order valence-electron chi connectivity index (χ1n) is 6.39. The van der Waals surface area contributed by atoms with Gasteiger partial charge in [0.1, 0.15) is 5.76 Å². The molecule has 1 aromatic heterocycles. The van der Waals surface area contributed by atoms with Gasteiger partial charge in [-0.1, -0.05) is 30.3 Å². The number of hydrogen-bond donors (Lipinski definition) is 1. The zero-order valence-corrected chi connectivity index (χ0v) is 12.6. The molecule has 0 aliphatic heterocycles. The Balaban J connectivity index is 1.98. The van der Waals surface area contributed by atoms with E-state index in [1.54, 1.807) is 6.26 Å². The monoisotopic (exact) mass is 322 g/mol. The molecule has 0 fully saturated rings. The first kappa shape index (κ1) is 14.3. The van der Waals surface area contributed by atoms with Gasteiger partial charge in [-0.15, -0.1) is 0 Å². The van der Waals surface area contributed by atoms with Gasteiger partial charge in [0.25, 0.3) is 0 Å². The molecule has 1 aromatic carbocycles. The van der Waals surface area contributed by atoms with E-state index in [0.717, 1.165) is 23.2 Å². The van der Waals surface area contributed by atoms with Crippen LogP contribution < -0.4 is 5.73 Å². The lowest BCUT2D eigenvalue weighted by molar-refractivity contribution is 0.222. The van der Waals surface area contributed by atoms with E-state index in [2.05, 4.69) is 52.1 Å². The van der Waals surface area contributed by atoms with Crippen LogP contribution in [0.15, 0.2) is 51.6 Å². The number of benzene rings is 1. The minimum Gasteiger partial charge on any atom is -0.466 e. The smallest absolute Gasteiger partial charge is 0.136 e. The second-order valence-electron chi connectivity index (χ2n) is 4.60. The van der Waals surface area contributed by atoms with Crippen molar-refractivity contribution in [1.29, 1.82) is 0 Å². The molecule has 0 saturated carbocycles. The Kier molecular flexibility index (Phi) is 5.19. The van der Waals surface area contributed by atoms with Crippen molar-refractivity contribution in [3.05, 3.63) is 58.5 Å². The SMILES string of the molecule is CN(CCc1ccccc1)C(CN)c1occc1Br. The fourth-order valence-corrected chi connectivity index (χ4v) is 2.60. The van der Waals surface area contributed by atoms with Crippen molar-refractivity contribution in [2.24, 2.45) is 5.73 Å². The molecule has 1 atom stereocenters. The van der Waals surface area contributed by atoms with Gasteiger partial charge in [-0.25, -0.2) is 0 Å². The highest BCUT2D eigenvalue weighted by molar-refractivity contribution is 9.10. The molecule has 1 heterocycles. The van der Waals surface area contributed by atoms with Crippen LogP contribution in [0.1, 0.15) is 17.4 Å². The molecule has 0 aliphatic carbocycles. The van der Waals surface area contributed by atoms with Gasteiger partial charge in [0, 0.05) is 13.1 Å². The molecule has 1 unspecified atom stereocenters. The molecule has 0 bridgehead atoms. The Morgan fingerprint density at radius 3 is 2.58 bits per heavy atom. The summed E-state index contributed by atoms with van der Waals surface area (Å²) in [6.45, 7) is 1.48. The molecule has 0 spiro atoms. The highest BCUT2D eigenvalue weighted by Crippen LogP contribution is 2.27. The predicted octanol–water partition coefficient (Wildman–Crippen LogP) is 3.22. The molecule has 0 aliphatic rings. The van der Waals surface area contributed by atoms with Crippen LogP contribution in [-0.2, 0) is 6.42 Å². The molecular formula is C15H19BrN2O. The first-order valence-corrected chi connectivity index (χ1v) is 7.18. The van der Waals surface area contributed by atoms with Crippen LogP contribution in [0.5, 0.6) is 0 Å². The molecule has 2 rings (SSSR count). The highest BCUT2D eigenvalue weighted by atomic mass is 79.9. The van der Waals surface area contributed by atoms with Gasteiger partial charge in [0.15, 0.2) is 0 Å². The van der Waals surface area contributed by atoms with E-state index in [1.807, 2.05) is 12.1 Å². The van der Waals surface area contributed by atoms with Crippen molar-refractivity contribution in [2.45, 2.75) is 12.5 Å². The van der Waals surface area contributed by atoms with Crippen LogP contribution in [-0.4, -0.2) is 25.0 Å². The van der Waals surface area contributed by atoms with Gasteiger partial charge in [-0.3, -0.25) is 4.90 Å². The van der Waals surface area contributed by atoms with E-state index < -0.39 is 0 Å². The lowest BCUT2D eigenvalue weighted by atomic mass is 10.1. The minimum atomic E-state index is 0.105. The predicted molar refractivity (Wildman–Crippen MR) is 81.0 cm³/mol. The average molecular weight is 323 g/mol. The van der Waals surface area contributed by atoms with E-state index in [9.17, 15) is 0 Å². The Morgan fingerprint density at radius 1 is 1.26 bits per heavy atom. The number of furan rings is 1. The van der Waals surface area contributed by atoms with Crippen molar-refractivity contribution in [2.75, 3.05) is 20.1 Å². The number of hydrogen-bond acceptors (Lipinski definition) is 3. The molecule has 19 heavy (non-hydrogen) atoms. The Bertz CT molecular complexity index is 498. The van der Waals surface area contributed by atoms with Crippen molar-refractivity contribution in [1.82, 2.24) is 4.90 Å². The molecule has 0 radical (unpaired) electrons. The van der Waals surface area contributed by atoms with Crippen molar-refractivity contribution >= 4 is 15.9 Å². The quantitative estimate of drug-likeness (QED) is 0.887. The van der Waals surface area contributed by atoms with Crippen LogP contribution >= 0.6 is 15.9 Å². The third kappa shape index (κ3) is 3.69. The molecule has 3 nitrogen and oxygen atoms in total. The number of halogens is 1. The van der Waals surface area contributed by atoms with Gasteiger partial charge in [-0.2, -0.15) is 0 Å². The van der Waals surface area contributed by atoms with E-state index >= 15 is 0 Å². The van der Waals surface area contributed by atoms with Gasteiger partial charge in [0.2, 0.25) is 0 Å². The molecule has 0 saturated heterocycles. The van der Waals surface area contributed by atoms with Crippen LogP contribution in [0.2, 0.25) is 0 Å². The first-order chi connectivity index (χ1) is 9.22. The molecular weight excluding hydrogens is 304 g/mol. The maximum atomic E-state index is 5.88. The normalized spacial score (nSPS) is 12.8. The molecule has 2 aromatic rings. The average Bonchev–Trinajstić information content (AvgIpc) is 2.85. The number of likely N-dealkylation sites (N-methyl/N-ethyl adjacent to an activating group) is 1. The minimum absolute atomic E-state index is 0.105. The van der Waals surface area contributed by atoms with Crippen molar-refractivity contribution in [3.63, 3.8) is 0 Å². The highest BCUT2D eigenvalue weighted by Gasteiger charge is 2.20. The lowest BCUT2D eigenvalue weighted by Gasteiger charge is -2.25. The third-order valence-corrected chi connectivity index (χ3v) is 3.95. The largest absolute Gasteiger partial charge is 0.466 e. The maximum Gasteiger partial charge on any atom is 0.136 e. The molecule has 4 heteroatoms. The zero-order valence-electron chi connectivity index (χ0n) is 11.1. The van der Waals surface area contributed by atoms with Crippen LogP contribution in [0.25, 0.3) is 0 Å². The summed E-state index contributed by atoms with van der Waals surface area (Å²) in [7, 11) is 2.08. The summed E-state index contributed by atoms with van der Waals surface area (Å²) in [6, 6.07) is 12.5. The Morgan fingerprint density at radius 2 is 2.00 bits per heavy atom. The molecule has 102 valence electrons. The second-order valence-corrected chi connectivity index (χ2v) is 5.45. The Hall–Kier alpha value is -1.10. The van der Waals surface area contributed by atoms with E-state index in [4.69, 9.17) is 10.2 Å². The standard InChI is InChI=1S/C15H19BrN2O/c1-18(9-7-12-5-3-2-4-6-12)14(11-17)15-13(16)8-10-19-15/h2-6,8,10,14H,7,9,11,17H2,1H3. The van der Waals surface area contributed by atoms with Gasteiger partial charge in [-0.05, 0) is 41.0 Å². The van der Waals surface area contributed by atoms with Crippen molar-refractivity contribution < 1.29 is 4.42 Å². The van der Waals surface area contributed by atoms with Gasteiger partial charge in [0.05, 0.1) is 16.8 Å². The van der Waals surface area contributed by atoms with Crippen LogP contribution in [0.4, 0.5) is 0 Å². The summed E-state index contributed by atoms with van der Waals surface area (Å²) < 4.78 is 6.50.